The molecule has 2 amide bonds. The summed E-state index contributed by atoms with van der Waals surface area (Å²) in [5.74, 6) is -1.00. The molecule has 10 heteroatoms. The maximum Gasteiger partial charge on any atom is 0.325 e. The first-order chi connectivity index (χ1) is 10.1. The van der Waals surface area contributed by atoms with Crippen molar-refractivity contribution in [1.29, 1.82) is 0 Å². The van der Waals surface area contributed by atoms with E-state index in [1.165, 1.54) is 10.9 Å². The summed E-state index contributed by atoms with van der Waals surface area (Å²) in [5.41, 5.74) is 0.487. The van der Waals surface area contributed by atoms with Gasteiger partial charge >= 0.3 is 12.0 Å². The number of carbonyl (C=O) groups excluding carboxylic acids is 1. The van der Waals surface area contributed by atoms with Gasteiger partial charge < -0.3 is 20.3 Å². The van der Waals surface area contributed by atoms with Crippen molar-refractivity contribution >= 4 is 12.0 Å². The van der Waals surface area contributed by atoms with Crippen LogP contribution in [0.25, 0.3) is 0 Å². The average molecular weight is 293 g/mol. The van der Waals surface area contributed by atoms with Crippen LogP contribution < -0.4 is 10.6 Å². The molecule has 0 aliphatic heterocycles. The molecule has 0 saturated heterocycles. The molecule has 2 aromatic heterocycles. The van der Waals surface area contributed by atoms with Gasteiger partial charge in [-0.15, -0.1) is 5.10 Å². The number of nitrogens with zero attached hydrogens (tertiary/aromatic N) is 5. The second-order valence-corrected chi connectivity index (χ2v) is 4.21. The van der Waals surface area contributed by atoms with E-state index in [0.717, 1.165) is 0 Å². The molecule has 0 atom stereocenters. The number of imidazole rings is 1. The molecule has 3 N–H and O–H groups in total. The maximum atomic E-state index is 11.5. The standard InChI is InChI=1S/C11H15N7O3/c19-10(20)7-18-6-9(15-16-18)5-14-11(21)13-2-4-17-3-1-12-8-17/h1,3,6,8H,2,4-5,7H2,(H,19,20)(H2,13,14,21). The van der Waals surface area contributed by atoms with Gasteiger partial charge in [-0.1, -0.05) is 5.21 Å². The lowest BCUT2D eigenvalue weighted by Gasteiger charge is -2.06. The van der Waals surface area contributed by atoms with Crippen LogP contribution >= 0.6 is 0 Å². The van der Waals surface area contributed by atoms with Crippen molar-refractivity contribution in [3.63, 3.8) is 0 Å². The molecule has 0 aliphatic carbocycles. The number of aliphatic carboxylic acids is 1. The van der Waals surface area contributed by atoms with Gasteiger partial charge in [0.25, 0.3) is 0 Å². The minimum Gasteiger partial charge on any atom is -0.480 e. The lowest BCUT2D eigenvalue weighted by Crippen LogP contribution is -2.36. The summed E-state index contributed by atoms with van der Waals surface area (Å²) in [4.78, 5) is 25.9. The van der Waals surface area contributed by atoms with E-state index >= 15 is 0 Å². The number of nitrogens with one attached hydrogen (secondary N) is 2. The molecule has 0 bridgehead atoms. The summed E-state index contributed by atoms with van der Waals surface area (Å²) >= 11 is 0. The Morgan fingerprint density at radius 3 is 2.90 bits per heavy atom. The fourth-order valence-electron chi connectivity index (χ4n) is 1.59. The lowest BCUT2D eigenvalue weighted by atomic mass is 10.4. The molecule has 2 heterocycles. The lowest BCUT2D eigenvalue weighted by molar-refractivity contribution is -0.137. The van der Waals surface area contributed by atoms with Gasteiger partial charge in [0.05, 0.1) is 19.1 Å². The molecular weight excluding hydrogens is 278 g/mol. The van der Waals surface area contributed by atoms with Crippen molar-refractivity contribution in [3.05, 3.63) is 30.6 Å². The third-order valence-electron chi connectivity index (χ3n) is 2.53. The van der Waals surface area contributed by atoms with E-state index in [2.05, 4.69) is 25.9 Å². The largest absolute Gasteiger partial charge is 0.480 e. The highest BCUT2D eigenvalue weighted by molar-refractivity contribution is 5.73. The zero-order chi connectivity index (χ0) is 15.1. The van der Waals surface area contributed by atoms with Gasteiger partial charge in [-0.05, 0) is 0 Å². The topological polar surface area (TPSA) is 127 Å². The Kier molecular flexibility index (Phi) is 4.85. The number of carboxylic acid groups (broad SMARTS) is 1. The number of amides is 2. The Hall–Kier alpha value is -2.91. The highest BCUT2D eigenvalue weighted by Gasteiger charge is 2.05. The van der Waals surface area contributed by atoms with E-state index in [0.29, 0.717) is 18.8 Å². The van der Waals surface area contributed by atoms with Crippen molar-refractivity contribution in [1.82, 2.24) is 35.2 Å². The summed E-state index contributed by atoms with van der Waals surface area (Å²) in [6.45, 7) is 1.01. The second kappa shape index (κ2) is 7.03. The molecule has 21 heavy (non-hydrogen) atoms. The van der Waals surface area contributed by atoms with E-state index in [9.17, 15) is 9.59 Å². The van der Waals surface area contributed by atoms with E-state index < -0.39 is 5.97 Å². The number of urea groups is 1. The van der Waals surface area contributed by atoms with Crippen LogP contribution in [-0.2, 0) is 24.4 Å². The van der Waals surface area contributed by atoms with Crippen LogP contribution in [-0.4, -0.2) is 48.2 Å². The van der Waals surface area contributed by atoms with Gasteiger partial charge in [0.2, 0.25) is 0 Å². The summed E-state index contributed by atoms with van der Waals surface area (Å²) in [6.07, 6.45) is 6.61. The molecule has 0 aliphatic rings. The van der Waals surface area contributed by atoms with Crippen LogP contribution in [0.1, 0.15) is 5.69 Å². The van der Waals surface area contributed by atoms with Gasteiger partial charge in [0.15, 0.2) is 0 Å². The molecule has 0 spiro atoms. The van der Waals surface area contributed by atoms with Crippen LogP contribution in [0.5, 0.6) is 0 Å². The Morgan fingerprint density at radius 2 is 2.19 bits per heavy atom. The third kappa shape index (κ3) is 4.93. The monoisotopic (exact) mass is 293 g/mol. The first kappa shape index (κ1) is 14.5. The molecule has 0 fully saturated rings. The van der Waals surface area contributed by atoms with Crippen molar-refractivity contribution in [2.75, 3.05) is 6.54 Å². The summed E-state index contributed by atoms with van der Waals surface area (Å²) in [7, 11) is 0. The van der Waals surface area contributed by atoms with Gasteiger partial charge in [-0.25, -0.2) is 14.5 Å². The zero-order valence-electron chi connectivity index (χ0n) is 11.1. The van der Waals surface area contributed by atoms with Crippen LogP contribution in [0.4, 0.5) is 4.79 Å². The number of hydrogen-bond acceptors (Lipinski definition) is 5. The number of carbonyl (C=O) groups is 2. The minimum atomic E-state index is -1.00. The number of rotatable bonds is 7. The molecule has 0 saturated carbocycles. The fourth-order valence-corrected chi connectivity index (χ4v) is 1.59. The normalized spacial score (nSPS) is 10.3. The molecular formula is C11H15N7O3. The second-order valence-electron chi connectivity index (χ2n) is 4.21. The van der Waals surface area contributed by atoms with Gasteiger partial charge in [0.1, 0.15) is 12.2 Å². The highest BCUT2D eigenvalue weighted by atomic mass is 16.4. The number of hydrogen-bond donors (Lipinski definition) is 3. The van der Waals surface area contributed by atoms with Crippen molar-refractivity contribution in [2.45, 2.75) is 19.6 Å². The average Bonchev–Trinajstić information content (AvgIpc) is 3.07. The van der Waals surface area contributed by atoms with Crippen molar-refractivity contribution in [2.24, 2.45) is 0 Å². The summed E-state index contributed by atoms with van der Waals surface area (Å²) < 4.78 is 3.04. The summed E-state index contributed by atoms with van der Waals surface area (Å²) in [5, 5.41) is 21.3. The Bertz CT molecular complexity index is 593. The molecule has 2 aromatic rings. The van der Waals surface area contributed by atoms with Gasteiger partial charge in [0, 0.05) is 25.5 Å². The van der Waals surface area contributed by atoms with Crippen LogP contribution in [0.2, 0.25) is 0 Å². The predicted octanol–water partition coefficient (Wildman–Crippen LogP) is -0.941. The first-order valence-corrected chi connectivity index (χ1v) is 6.22. The maximum absolute atomic E-state index is 11.5. The zero-order valence-corrected chi connectivity index (χ0v) is 11.1. The predicted molar refractivity (Wildman–Crippen MR) is 70.1 cm³/mol. The third-order valence-corrected chi connectivity index (χ3v) is 2.53. The quantitative estimate of drug-likeness (QED) is 0.604. The molecule has 112 valence electrons. The van der Waals surface area contributed by atoms with Gasteiger partial charge in [-0.3, -0.25) is 4.79 Å². The first-order valence-electron chi connectivity index (χ1n) is 6.22. The van der Waals surface area contributed by atoms with Crippen LogP contribution in [0.3, 0.4) is 0 Å². The highest BCUT2D eigenvalue weighted by Crippen LogP contribution is 1.92. The van der Waals surface area contributed by atoms with E-state index in [1.807, 2.05) is 4.57 Å². The molecule has 10 nitrogen and oxygen atoms in total. The Balaban J connectivity index is 1.66. The summed E-state index contributed by atoms with van der Waals surface area (Å²) in [6, 6.07) is -0.331. The van der Waals surface area contributed by atoms with Gasteiger partial charge in [-0.2, -0.15) is 0 Å². The van der Waals surface area contributed by atoms with E-state index in [1.54, 1.807) is 18.7 Å². The SMILES string of the molecule is O=C(O)Cn1cc(CNC(=O)NCCn2ccnc2)nn1. The Morgan fingerprint density at radius 1 is 1.33 bits per heavy atom. The molecule has 0 unspecified atom stereocenters. The smallest absolute Gasteiger partial charge is 0.325 e. The number of aromatic nitrogens is 5. The fraction of sp³-hybridized carbons (Fsp3) is 0.364. The molecule has 0 aromatic carbocycles. The van der Waals surface area contributed by atoms with E-state index in [-0.39, 0.29) is 19.1 Å². The van der Waals surface area contributed by atoms with Crippen LogP contribution in [0, 0.1) is 0 Å². The van der Waals surface area contributed by atoms with Crippen molar-refractivity contribution < 1.29 is 14.7 Å². The number of carboxylic acids is 1. The minimum absolute atomic E-state index is 0.177. The van der Waals surface area contributed by atoms with E-state index in [4.69, 9.17) is 5.11 Å². The molecule has 0 radical (unpaired) electrons. The molecule has 2 rings (SSSR count). The van der Waals surface area contributed by atoms with Crippen molar-refractivity contribution in [3.8, 4) is 0 Å². The van der Waals surface area contributed by atoms with Crippen LogP contribution in [0.15, 0.2) is 24.9 Å². The Labute approximate surface area is 119 Å².